The van der Waals surface area contributed by atoms with E-state index in [-0.39, 0.29) is 31.5 Å². The van der Waals surface area contributed by atoms with Gasteiger partial charge in [0.15, 0.2) is 0 Å². The van der Waals surface area contributed by atoms with E-state index in [9.17, 15) is 17.8 Å². The Kier molecular flexibility index (Phi) is 8.54. The quantitative estimate of drug-likeness (QED) is 0.214. The molecule has 1 aliphatic heterocycles. The van der Waals surface area contributed by atoms with Crippen molar-refractivity contribution >= 4 is 35.3 Å². The molecule has 1 fully saturated rings. The number of nitrogens with one attached hydrogen (secondary N) is 1. The molecule has 2 heterocycles. The fraction of sp³-hybridized carbons (Fsp3) is 0.455. The number of aromatic nitrogens is 1. The molecule has 1 N–H and O–H groups in total. The van der Waals surface area contributed by atoms with Gasteiger partial charge in [0.25, 0.3) is 0 Å². The van der Waals surface area contributed by atoms with Crippen molar-refractivity contribution in [2.75, 3.05) is 19.7 Å². The third-order valence-corrected chi connectivity index (χ3v) is 6.85. The number of ether oxygens (including phenoxy) is 1. The minimum absolute atomic E-state index is 0. The zero-order valence-corrected chi connectivity index (χ0v) is 20.1. The van der Waals surface area contributed by atoms with Gasteiger partial charge in [-0.15, -0.1) is 0 Å². The maximum atomic E-state index is 12.2. The fourth-order valence-electron chi connectivity index (χ4n) is 4.59. The predicted molar refractivity (Wildman–Crippen MR) is 122 cm³/mol. The van der Waals surface area contributed by atoms with Crippen molar-refractivity contribution in [2.45, 2.75) is 51.1 Å². The van der Waals surface area contributed by atoms with Gasteiger partial charge in [0.2, 0.25) is 5.69 Å². The number of likely N-dealkylation sites (tertiary alicyclic amines) is 1. The number of hydrogen-bond donors (Lipinski definition) is 1. The van der Waals surface area contributed by atoms with E-state index < -0.39 is 22.1 Å². The molecule has 3 rings (SSSR count). The van der Waals surface area contributed by atoms with Gasteiger partial charge in [-0.1, -0.05) is 18.2 Å². The van der Waals surface area contributed by atoms with Gasteiger partial charge in [0.1, 0.15) is 22.7 Å². The van der Waals surface area contributed by atoms with Crippen LogP contribution in [0.2, 0.25) is 0 Å². The molecule has 0 saturated carbocycles. The van der Waals surface area contributed by atoms with Crippen LogP contribution in [0.3, 0.4) is 0 Å². The van der Waals surface area contributed by atoms with E-state index in [1.165, 1.54) is 12.1 Å². The summed E-state index contributed by atoms with van der Waals surface area (Å²) in [5.74, 6) is -0.403. The molecule has 1 aliphatic rings. The standard InChI is InChI=1S/C22H27N3O5S.H2S/c1-5-30-19(26)14-25-15(2)20(21(23-4)16(25)3)22(24-12-8-9-13-24)17-10-6-7-11-18(17)31(27,28)29;/h6-7,10-11,22H,5,8-9,12-14H2,1-3H3,(H,27,28,29);1H2/p-1. The molecule has 0 aliphatic carbocycles. The highest BCUT2D eigenvalue weighted by Gasteiger charge is 2.37. The zero-order valence-electron chi connectivity index (χ0n) is 18.4. The highest BCUT2D eigenvalue weighted by Crippen LogP contribution is 2.38. The van der Waals surface area contributed by atoms with Gasteiger partial charge in [-0.25, -0.2) is 13.3 Å². The van der Waals surface area contributed by atoms with Gasteiger partial charge in [-0.2, -0.15) is 0 Å². The predicted octanol–water partition coefficient (Wildman–Crippen LogP) is 1.62. The molecular weight excluding hydrogens is 450 g/mol. The van der Waals surface area contributed by atoms with Crippen molar-refractivity contribution in [3.63, 3.8) is 0 Å². The first-order chi connectivity index (χ1) is 14.7. The average Bonchev–Trinajstić information content (AvgIpc) is 3.32. The van der Waals surface area contributed by atoms with E-state index in [0.29, 0.717) is 28.2 Å². The molecule has 8 nitrogen and oxygen atoms in total. The lowest BCUT2D eigenvalue weighted by atomic mass is 9.96. The van der Waals surface area contributed by atoms with Gasteiger partial charge >= 0.3 is 5.97 Å². The minimum Gasteiger partial charge on any atom is -0.813 e. The molecule has 1 unspecified atom stereocenters. The van der Waals surface area contributed by atoms with Crippen LogP contribution in [-0.2, 0) is 39.7 Å². The van der Waals surface area contributed by atoms with Crippen LogP contribution in [0.15, 0.2) is 29.2 Å². The Bertz CT molecular complexity index is 1130. The summed E-state index contributed by atoms with van der Waals surface area (Å²) in [6.45, 7) is 15.0. The molecule has 0 spiro atoms. The van der Waals surface area contributed by atoms with E-state index in [0.717, 1.165) is 30.8 Å². The van der Waals surface area contributed by atoms with Crippen LogP contribution in [0.1, 0.15) is 48.3 Å². The van der Waals surface area contributed by atoms with Crippen LogP contribution in [0.4, 0.5) is 5.69 Å². The Morgan fingerprint density at radius 3 is 2.44 bits per heavy atom. The van der Waals surface area contributed by atoms with Crippen molar-refractivity contribution in [3.8, 4) is 0 Å². The number of quaternary nitrogens is 1. The SMILES string of the molecule is [C-]#[N+]c1c(C(c2ccccc2S(=O)(=O)[O-])[NH+]2CCCC2)c(C)n(CC(=O)OCC)c1C.[SH-]. The second-order valence-electron chi connectivity index (χ2n) is 7.73. The van der Waals surface area contributed by atoms with E-state index in [2.05, 4.69) is 4.85 Å². The zero-order chi connectivity index (χ0) is 22.8. The van der Waals surface area contributed by atoms with Gasteiger partial charge in [0, 0.05) is 35.4 Å². The number of carbonyl (C=O) groups excluding carboxylic acids is 1. The first-order valence-corrected chi connectivity index (χ1v) is 11.7. The summed E-state index contributed by atoms with van der Waals surface area (Å²) in [4.78, 5) is 16.8. The number of hydrogen-bond acceptors (Lipinski definition) is 6. The van der Waals surface area contributed by atoms with Crippen LogP contribution >= 0.6 is 0 Å². The van der Waals surface area contributed by atoms with Crippen LogP contribution in [0.5, 0.6) is 0 Å². The summed E-state index contributed by atoms with van der Waals surface area (Å²) in [5.41, 5.74) is 2.80. The first kappa shape index (κ1) is 25.9. The summed E-state index contributed by atoms with van der Waals surface area (Å²) >= 11 is 0. The lowest BCUT2D eigenvalue weighted by Gasteiger charge is -2.28. The molecule has 32 heavy (non-hydrogen) atoms. The Hall–Kier alpha value is -2.32. The van der Waals surface area contributed by atoms with Crippen molar-refractivity contribution in [1.29, 1.82) is 0 Å². The average molecular weight is 479 g/mol. The molecule has 0 amide bonds. The fourth-order valence-corrected chi connectivity index (χ4v) is 5.31. The van der Waals surface area contributed by atoms with Crippen molar-refractivity contribution in [1.82, 2.24) is 4.57 Å². The number of rotatable bonds is 7. The topological polar surface area (TPSA) is 97.2 Å². The second-order valence-corrected chi connectivity index (χ2v) is 9.07. The molecule has 1 aromatic heterocycles. The molecule has 1 saturated heterocycles. The van der Waals surface area contributed by atoms with Crippen LogP contribution in [0.25, 0.3) is 4.85 Å². The van der Waals surface area contributed by atoms with Gasteiger partial charge in [-0.05, 0) is 26.8 Å². The van der Waals surface area contributed by atoms with Crippen LogP contribution < -0.4 is 4.90 Å². The number of nitrogens with zero attached hydrogens (tertiary/aromatic N) is 2. The number of esters is 1. The third-order valence-electron chi connectivity index (χ3n) is 5.94. The van der Waals surface area contributed by atoms with E-state index >= 15 is 0 Å². The minimum atomic E-state index is -4.70. The molecule has 1 atom stereocenters. The summed E-state index contributed by atoms with van der Waals surface area (Å²) in [5, 5.41) is 0. The van der Waals surface area contributed by atoms with Crippen molar-refractivity contribution in [3.05, 3.63) is 58.2 Å². The number of thiol groups is 1. The summed E-state index contributed by atoms with van der Waals surface area (Å²) in [6.07, 6.45) is 1.96. The second kappa shape index (κ2) is 10.5. The smallest absolute Gasteiger partial charge is 0.325 e. The first-order valence-electron chi connectivity index (χ1n) is 10.3. The highest BCUT2D eigenvalue weighted by atomic mass is 32.2. The van der Waals surface area contributed by atoms with Crippen LogP contribution in [-0.4, -0.2) is 43.2 Å². The Labute approximate surface area is 196 Å². The molecule has 174 valence electrons. The monoisotopic (exact) mass is 478 g/mol. The van der Waals surface area contributed by atoms with Crippen molar-refractivity contribution in [2.24, 2.45) is 0 Å². The molecule has 2 aromatic rings. The maximum Gasteiger partial charge on any atom is 0.325 e. The number of carbonyl (C=O) groups is 1. The Morgan fingerprint density at radius 1 is 1.25 bits per heavy atom. The molecule has 10 heteroatoms. The number of benzene rings is 1. The lowest BCUT2D eigenvalue weighted by Crippen LogP contribution is -3.10. The highest BCUT2D eigenvalue weighted by molar-refractivity contribution is 7.85. The third kappa shape index (κ3) is 5.02. The maximum absolute atomic E-state index is 12.2. The molecule has 1 aromatic carbocycles. The van der Waals surface area contributed by atoms with Gasteiger partial charge < -0.3 is 32.3 Å². The van der Waals surface area contributed by atoms with E-state index in [1.54, 1.807) is 30.5 Å². The molecule has 0 bridgehead atoms. The van der Waals surface area contributed by atoms with Crippen molar-refractivity contribution < 1.29 is 27.4 Å². The van der Waals surface area contributed by atoms with Crippen LogP contribution in [0, 0.1) is 20.4 Å². The molecule has 0 radical (unpaired) electrons. The lowest BCUT2D eigenvalue weighted by molar-refractivity contribution is -0.913. The summed E-state index contributed by atoms with van der Waals surface area (Å²) in [6, 6.07) is 5.74. The summed E-state index contributed by atoms with van der Waals surface area (Å²) in [7, 11) is -4.70. The van der Waals surface area contributed by atoms with E-state index in [1.807, 2.05) is 6.92 Å². The van der Waals surface area contributed by atoms with Gasteiger partial charge in [-0.3, -0.25) is 4.79 Å². The van der Waals surface area contributed by atoms with E-state index in [4.69, 9.17) is 11.3 Å². The molecular formula is C22H28N3O5S2-. The normalized spacial score (nSPS) is 15.1. The Morgan fingerprint density at radius 2 is 1.88 bits per heavy atom. The summed E-state index contributed by atoms with van der Waals surface area (Å²) < 4.78 is 43.0. The largest absolute Gasteiger partial charge is 0.813 e. The van der Waals surface area contributed by atoms with Gasteiger partial charge in [0.05, 0.1) is 31.2 Å². The Balaban J connectivity index is 0.00000363.